The van der Waals surface area contributed by atoms with Crippen LogP contribution in [0.25, 0.3) is 0 Å². The normalized spacial score (nSPS) is 14.2. The summed E-state index contributed by atoms with van der Waals surface area (Å²) in [6.07, 6.45) is 3.15. The van der Waals surface area contributed by atoms with Crippen molar-refractivity contribution in [2.24, 2.45) is 5.73 Å². The van der Waals surface area contributed by atoms with E-state index in [0.29, 0.717) is 0 Å². The third kappa shape index (κ3) is 3.33. The third-order valence-electron chi connectivity index (χ3n) is 3.88. The highest BCUT2D eigenvalue weighted by molar-refractivity contribution is 5.03. The predicted octanol–water partition coefficient (Wildman–Crippen LogP) is 3.18. The summed E-state index contributed by atoms with van der Waals surface area (Å²) in [4.78, 5) is 2.51. The molecule has 0 rings (SSSR count). The van der Waals surface area contributed by atoms with Crippen molar-refractivity contribution in [2.75, 3.05) is 13.1 Å². The third-order valence-corrected chi connectivity index (χ3v) is 3.88. The molecule has 1 atom stereocenters. The fourth-order valence-electron chi connectivity index (χ4n) is 2.87. The average molecular weight is 226 g/mol. The van der Waals surface area contributed by atoms with Gasteiger partial charge in [-0.1, -0.05) is 33.3 Å². The van der Waals surface area contributed by atoms with Gasteiger partial charge in [-0.2, -0.15) is 0 Å². The van der Waals surface area contributed by atoms with E-state index >= 15 is 0 Å². The Morgan fingerprint density at radius 3 is 1.88 bits per heavy atom. The van der Waals surface area contributed by atoms with E-state index in [1.807, 2.05) is 0 Å². The first kappa shape index (κ1) is 15.7. The van der Waals surface area contributed by atoms with E-state index in [1.165, 1.54) is 5.57 Å². The van der Waals surface area contributed by atoms with E-state index in [-0.39, 0.29) is 11.6 Å². The minimum absolute atomic E-state index is 0.141. The number of nitrogens with zero attached hydrogens (tertiary/aromatic N) is 1. The molecule has 16 heavy (non-hydrogen) atoms. The first-order chi connectivity index (χ1) is 7.48. The van der Waals surface area contributed by atoms with Gasteiger partial charge in [0.2, 0.25) is 0 Å². The van der Waals surface area contributed by atoms with Crippen molar-refractivity contribution in [2.45, 2.75) is 65.5 Å². The van der Waals surface area contributed by atoms with Gasteiger partial charge in [-0.15, -0.1) is 6.58 Å². The van der Waals surface area contributed by atoms with Crippen molar-refractivity contribution in [3.05, 3.63) is 12.2 Å². The molecular weight excluding hydrogens is 196 g/mol. The van der Waals surface area contributed by atoms with Crippen molar-refractivity contribution in [1.82, 2.24) is 4.90 Å². The Balaban J connectivity index is 4.97. The second-order valence-corrected chi connectivity index (χ2v) is 4.75. The van der Waals surface area contributed by atoms with Crippen LogP contribution in [0.15, 0.2) is 12.2 Å². The Morgan fingerprint density at radius 1 is 1.19 bits per heavy atom. The molecule has 0 aromatic rings. The fraction of sp³-hybridized carbons (Fsp3) is 0.857. The molecule has 0 amide bonds. The first-order valence-electron chi connectivity index (χ1n) is 6.63. The SMILES string of the molecule is C=C(C)CC(N)C(CC)(CC)N(CC)CC. The smallest absolute Gasteiger partial charge is 0.0358 e. The van der Waals surface area contributed by atoms with Crippen LogP contribution in [0.2, 0.25) is 0 Å². The molecule has 96 valence electrons. The van der Waals surface area contributed by atoms with E-state index < -0.39 is 0 Å². The van der Waals surface area contributed by atoms with Gasteiger partial charge >= 0.3 is 0 Å². The number of rotatable bonds is 8. The fourth-order valence-corrected chi connectivity index (χ4v) is 2.87. The van der Waals surface area contributed by atoms with Gasteiger partial charge < -0.3 is 5.73 Å². The maximum Gasteiger partial charge on any atom is 0.0358 e. The van der Waals surface area contributed by atoms with Crippen molar-refractivity contribution < 1.29 is 0 Å². The lowest BCUT2D eigenvalue weighted by Crippen LogP contribution is -2.59. The van der Waals surface area contributed by atoms with Gasteiger partial charge in [-0.25, -0.2) is 0 Å². The summed E-state index contributed by atoms with van der Waals surface area (Å²) in [6.45, 7) is 17.1. The molecule has 0 bridgehead atoms. The van der Waals surface area contributed by atoms with Crippen LogP contribution in [0.4, 0.5) is 0 Å². The summed E-state index contributed by atoms with van der Waals surface area (Å²) in [7, 11) is 0. The summed E-state index contributed by atoms with van der Waals surface area (Å²) in [6, 6.07) is 0.194. The molecule has 2 nitrogen and oxygen atoms in total. The van der Waals surface area contributed by atoms with Crippen LogP contribution in [0.5, 0.6) is 0 Å². The van der Waals surface area contributed by atoms with Crippen molar-refractivity contribution in [1.29, 1.82) is 0 Å². The van der Waals surface area contributed by atoms with Gasteiger partial charge in [0.25, 0.3) is 0 Å². The number of hydrogen-bond acceptors (Lipinski definition) is 2. The number of hydrogen-bond donors (Lipinski definition) is 1. The standard InChI is InChI=1S/C14H30N2/c1-7-14(8-2,16(9-3)10-4)13(15)11-12(5)6/h13H,5,7-11,15H2,1-4,6H3. The second kappa shape index (κ2) is 7.08. The monoisotopic (exact) mass is 226 g/mol. The Kier molecular flexibility index (Phi) is 6.93. The molecule has 0 aromatic heterocycles. The largest absolute Gasteiger partial charge is 0.326 e. The molecule has 2 heteroatoms. The minimum Gasteiger partial charge on any atom is -0.326 e. The summed E-state index contributed by atoms with van der Waals surface area (Å²) in [5, 5.41) is 0. The van der Waals surface area contributed by atoms with Gasteiger partial charge in [0, 0.05) is 11.6 Å². The average Bonchev–Trinajstić information content (AvgIpc) is 2.24. The van der Waals surface area contributed by atoms with Crippen molar-refractivity contribution in [3.8, 4) is 0 Å². The van der Waals surface area contributed by atoms with Crippen molar-refractivity contribution in [3.63, 3.8) is 0 Å². The van der Waals surface area contributed by atoms with Gasteiger partial charge in [0.1, 0.15) is 0 Å². The first-order valence-corrected chi connectivity index (χ1v) is 6.63. The second-order valence-electron chi connectivity index (χ2n) is 4.75. The van der Waals surface area contributed by atoms with Crippen LogP contribution in [-0.2, 0) is 0 Å². The molecule has 2 N–H and O–H groups in total. The van der Waals surface area contributed by atoms with E-state index in [4.69, 9.17) is 5.73 Å². The molecule has 0 radical (unpaired) electrons. The summed E-state index contributed by atoms with van der Waals surface area (Å²) < 4.78 is 0. The van der Waals surface area contributed by atoms with E-state index in [0.717, 1.165) is 32.4 Å². The van der Waals surface area contributed by atoms with E-state index in [9.17, 15) is 0 Å². The Hall–Kier alpha value is -0.340. The zero-order valence-electron chi connectivity index (χ0n) is 11.8. The van der Waals surface area contributed by atoms with E-state index in [2.05, 4.69) is 46.1 Å². The molecule has 0 aliphatic rings. The van der Waals surface area contributed by atoms with Crippen LogP contribution in [-0.4, -0.2) is 29.6 Å². The van der Waals surface area contributed by atoms with Crippen LogP contribution < -0.4 is 5.73 Å². The lowest BCUT2D eigenvalue weighted by atomic mass is 9.80. The lowest BCUT2D eigenvalue weighted by Gasteiger charge is -2.46. The Morgan fingerprint density at radius 2 is 1.62 bits per heavy atom. The zero-order chi connectivity index (χ0) is 12.8. The molecule has 1 unspecified atom stereocenters. The van der Waals surface area contributed by atoms with Crippen molar-refractivity contribution >= 4 is 0 Å². The summed E-state index contributed by atoms with van der Waals surface area (Å²) in [5.74, 6) is 0. The molecular formula is C14H30N2. The van der Waals surface area contributed by atoms with Gasteiger partial charge in [0.05, 0.1) is 0 Å². The maximum absolute atomic E-state index is 6.42. The topological polar surface area (TPSA) is 29.3 Å². The quantitative estimate of drug-likeness (QED) is 0.644. The molecule has 0 aliphatic carbocycles. The molecule has 0 heterocycles. The van der Waals surface area contributed by atoms with Gasteiger partial charge in [-0.3, -0.25) is 4.90 Å². The Labute approximate surface area is 102 Å². The van der Waals surface area contributed by atoms with Crippen LogP contribution in [0, 0.1) is 0 Å². The zero-order valence-corrected chi connectivity index (χ0v) is 11.8. The summed E-state index contributed by atoms with van der Waals surface area (Å²) in [5.41, 5.74) is 7.75. The number of nitrogens with two attached hydrogens (primary N) is 1. The molecule has 0 aliphatic heterocycles. The highest BCUT2D eigenvalue weighted by Crippen LogP contribution is 2.29. The predicted molar refractivity (Wildman–Crippen MR) is 73.6 cm³/mol. The minimum atomic E-state index is 0.141. The molecule has 0 aromatic carbocycles. The van der Waals surface area contributed by atoms with Crippen LogP contribution >= 0.6 is 0 Å². The Bertz CT molecular complexity index is 203. The van der Waals surface area contributed by atoms with Gasteiger partial charge in [0.15, 0.2) is 0 Å². The molecule has 0 spiro atoms. The lowest BCUT2D eigenvalue weighted by molar-refractivity contribution is 0.0629. The molecule has 0 saturated carbocycles. The highest BCUT2D eigenvalue weighted by Gasteiger charge is 2.37. The summed E-state index contributed by atoms with van der Waals surface area (Å²) >= 11 is 0. The number of likely N-dealkylation sites (N-methyl/N-ethyl adjacent to an activating group) is 1. The van der Waals surface area contributed by atoms with Gasteiger partial charge in [-0.05, 0) is 39.3 Å². The van der Waals surface area contributed by atoms with Crippen LogP contribution in [0.3, 0.4) is 0 Å². The molecule has 0 saturated heterocycles. The van der Waals surface area contributed by atoms with Crippen LogP contribution in [0.1, 0.15) is 53.9 Å². The highest BCUT2D eigenvalue weighted by atomic mass is 15.2. The van der Waals surface area contributed by atoms with E-state index in [1.54, 1.807) is 0 Å². The molecule has 0 fully saturated rings. The maximum atomic E-state index is 6.42.